The fraction of sp³-hybridized carbons (Fsp3) is 0.450. The van der Waals surface area contributed by atoms with Gasteiger partial charge in [-0.05, 0) is 44.4 Å². The van der Waals surface area contributed by atoms with Crippen LogP contribution in [0.25, 0.3) is 16.6 Å². The number of hydrogen-bond donors (Lipinski definition) is 0. The van der Waals surface area contributed by atoms with Crippen molar-refractivity contribution in [3.63, 3.8) is 0 Å². The maximum absolute atomic E-state index is 12.6. The van der Waals surface area contributed by atoms with Crippen molar-refractivity contribution >= 4 is 32.3 Å². The summed E-state index contributed by atoms with van der Waals surface area (Å²) >= 11 is 0. The molecule has 0 bridgehead atoms. The summed E-state index contributed by atoms with van der Waals surface area (Å²) in [5, 5.41) is 5.66. The van der Waals surface area contributed by atoms with Gasteiger partial charge in [0, 0.05) is 36.3 Å². The van der Waals surface area contributed by atoms with Crippen LogP contribution in [0.2, 0.25) is 0 Å². The smallest absolute Gasteiger partial charge is 0.222 e. The second-order valence-electron chi connectivity index (χ2n) is 7.58. The summed E-state index contributed by atoms with van der Waals surface area (Å²) in [6, 6.07) is 7.69. The molecule has 1 aromatic carbocycles. The summed E-state index contributed by atoms with van der Waals surface area (Å²) in [5.41, 5.74) is 4.62. The van der Waals surface area contributed by atoms with E-state index >= 15 is 0 Å². The van der Waals surface area contributed by atoms with Crippen LogP contribution in [0, 0.1) is 13.8 Å². The van der Waals surface area contributed by atoms with E-state index in [4.69, 9.17) is 4.98 Å². The van der Waals surface area contributed by atoms with Crippen LogP contribution in [0.3, 0.4) is 0 Å². The molecule has 3 heterocycles. The van der Waals surface area contributed by atoms with Crippen LogP contribution >= 0.6 is 0 Å². The summed E-state index contributed by atoms with van der Waals surface area (Å²) in [5.74, 6) is 0.202. The van der Waals surface area contributed by atoms with Crippen LogP contribution in [-0.4, -0.2) is 58.4 Å². The van der Waals surface area contributed by atoms with Crippen molar-refractivity contribution in [1.29, 1.82) is 0 Å². The first-order chi connectivity index (χ1) is 13.3. The van der Waals surface area contributed by atoms with Gasteiger partial charge >= 0.3 is 0 Å². The molecule has 0 spiro atoms. The molecule has 1 saturated heterocycles. The number of carbonyl (C=O) groups is 1. The molecule has 0 aliphatic carbocycles. The standard InChI is InChI=1S/C20H24N4O3S/c1-13-16(8-9-19(25)23(3)15-10-11-28(26,27)12-15)14(2)24-20(21-13)17-6-4-5-7-18(17)22-24/h4-7,15H,8-12H2,1-3H3. The number of rotatable bonds is 4. The first kappa shape index (κ1) is 18.9. The number of amides is 1. The highest BCUT2D eigenvalue weighted by atomic mass is 32.2. The molecule has 148 valence electrons. The Hall–Kier alpha value is -2.48. The number of benzene rings is 1. The Morgan fingerprint density at radius 2 is 2.04 bits per heavy atom. The van der Waals surface area contributed by atoms with Crippen molar-refractivity contribution in [3.8, 4) is 0 Å². The number of carbonyl (C=O) groups excluding carboxylic acids is 1. The molecule has 8 heteroatoms. The van der Waals surface area contributed by atoms with Gasteiger partial charge in [0.05, 0.1) is 17.0 Å². The predicted molar refractivity (Wildman–Crippen MR) is 108 cm³/mol. The van der Waals surface area contributed by atoms with Crippen molar-refractivity contribution < 1.29 is 13.2 Å². The molecular formula is C20H24N4O3S. The van der Waals surface area contributed by atoms with E-state index < -0.39 is 9.84 Å². The van der Waals surface area contributed by atoms with Crippen molar-refractivity contribution in [3.05, 3.63) is 41.2 Å². The monoisotopic (exact) mass is 400 g/mol. The fourth-order valence-corrected chi connectivity index (χ4v) is 5.81. The normalized spacial score (nSPS) is 18.8. The molecule has 3 aromatic rings. The van der Waals surface area contributed by atoms with Crippen LogP contribution < -0.4 is 0 Å². The highest BCUT2D eigenvalue weighted by molar-refractivity contribution is 7.91. The maximum Gasteiger partial charge on any atom is 0.222 e. The van der Waals surface area contributed by atoms with Gasteiger partial charge < -0.3 is 4.90 Å². The van der Waals surface area contributed by atoms with Gasteiger partial charge in [-0.25, -0.2) is 17.9 Å². The highest BCUT2D eigenvalue weighted by Crippen LogP contribution is 2.23. The largest absolute Gasteiger partial charge is 0.342 e. The van der Waals surface area contributed by atoms with Crippen molar-refractivity contribution in [1.82, 2.24) is 19.5 Å². The molecule has 1 amide bonds. The summed E-state index contributed by atoms with van der Waals surface area (Å²) in [6.07, 6.45) is 1.40. The minimum Gasteiger partial charge on any atom is -0.342 e. The van der Waals surface area contributed by atoms with Gasteiger partial charge in [0.2, 0.25) is 5.91 Å². The van der Waals surface area contributed by atoms with Crippen molar-refractivity contribution in [2.75, 3.05) is 18.6 Å². The first-order valence-corrected chi connectivity index (χ1v) is 11.3. The Morgan fingerprint density at radius 3 is 2.75 bits per heavy atom. The topological polar surface area (TPSA) is 84.6 Å². The number of hydrogen-bond acceptors (Lipinski definition) is 5. The molecule has 2 aromatic heterocycles. The Kier molecular flexibility index (Phi) is 4.61. The molecule has 0 N–H and O–H groups in total. The van der Waals surface area contributed by atoms with Crippen LogP contribution in [0.1, 0.15) is 29.8 Å². The fourth-order valence-electron chi connectivity index (χ4n) is 4.03. The minimum atomic E-state index is -3.01. The Balaban J connectivity index is 1.56. The molecule has 1 aliphatic heterocycles. The quantitative estimate of drug-likeness (QED) is 0.669. The lowest BCUT2D eigenvalue weighted by molar-refractivity contribution is -0.131. The average Bonchev–Trinajstić information content (AvgIpc) is 3.21. The summed E-state index contributed by atoms with van der Waals surface area (Å²) in [7, 11) is -1.30. The number of aryl methyl sites for hydroxylation is 2. The van der Waals surface area contributed by atoms with E-state index in [9.17, 15) is 13.2 Å². The van der Waals surface area contributed by atoms with E-state index in [2.05, 4.69) is 5.10 Å². The van der Waals surface area contributed by atoms with E-state index in [0.717, 1.165) is 33.5 Å². The molecule has 4 rings (SSSR count). The van der Waals surface area contributed by atoms with Gasteiger partial charge in [-0.1, -0.05) is 12.1 Å². The zero-order chi connectivity index (χ0) is 20.1. The first-order valence-electron chi connectivity index (χ1n) is 9.46. The minimum absolute atomic E-state index is 0.0355. The van der Waals surface area contributed by atoms with E-state index in [1.165, 1.54) is 0 Å². The van der Waals surface area contributed by atoms with Gasteiger partial charge in [0.1, 0.15) is 0 Å². The van der Waals surface area contributed by atoms with E-state index in [1.807, 2.05) is 42.6 Å². The Labute approximate surface area is 164 Å². The molecule has 1 fully saturated rings. The number of sulfone groups is 1. The SMILES string of the molecule is Cc1nc2c3ccccc3nn2c(C)c1CCC(=O)N(C)C1CCS(=O)(=O)C1. The van der Waals surface area contributed by atoms with Gasteiger partial charge in [0.25, 0.3) is 0 Å². The van der Waals surface area contributed by atoms with Crippen molar-refractivity contribution in [2.24, 2.45) is 0 Å². The average molecular weight is 401 g/mol. The molecule has 1 unspecified atom stereocenters. The van der Waals surface area contributed by atoms with Crippen LogP contribution in [-0.2, 0) is 21.1 Å². The van der Waals surface area contributed by atoms with E-state index in [-0.39, 0.29) is 23.5 Å². The third-order valence-corrected chi connectivity index (χ3v) is 7.51. The highest BCUT2D eigenvalue weighted by Gasteiger charge is 2.32. The summed E-state index contributed by atoms with van der Waals surface area (Å²) in [4.78, 5) is 19.0. The molecule has 1 atom stereocenters. The summed E-state index contributed by atoms with van der Waals surface area (Å²) < 4.78 is 25.2. The third kappa shape index (κ3) is 3.26. The zero-order valence-corrected chi connectivity index (χ0v) is 17.2. The third-order valence-electron chi connectivity index (χ3n) is 5.76. The van der Waals surface area contributed by atoms with Gasteiger partial charge in [0.15, 0.2) is 15.5 Å². The van der Waals surface area contributed by atoms with Crippen LogP contribution in [0.4, 0.5) is 0 Å². The number of nitrogens with zero attached hydrogens (tertiary/aromatic N) is 4. The molecule has 0 radical (unpaired) electrons. The number of fused-ring (bicyclic) bond motifs is 3. The maximum atomic E-state index is 12.6. The number of aromatic nitrogens is 3. The van der Waals surface area contributed by atoms with Gasteiger partial charge in [-0.2, -0.15) is 5.10 Å². The second-order valence-corrected chi connectivity index (χ2v) is 9.80. The van der Waals surface area contributed by atoms with Crippen LogP contribution in [0.5, 0.6) is 0 Å². The van der Waals surface area contributed by atoms with E-state index in [1.54, 1.807) is 11.9 Å². The summed E-state index contributed by atoms with van der Waals surface area (Å²) in [6.45, 7) is 3.96. The lowest BCUT2D eigenvalue weighted by Gasteiger charge is -2.23. The van der Waals surface area contributed by atoms with Crippen LogP contribution in [0.15, 0.2) is 24.3 Å². The molecule has 7 nitrogen and oxygen atoms in total. The molecule has 0 saturated carbocycles. The molecule has 28 heavy (non-hydrogen) atoms. The Morgan fingerprint density at radius 1 is 1.29 bits per heavy atom. The van der Waals surface area contributed by atoms with Crippen molar-refractivity contribution in [2.45, 2.75) is 39.2 Å². The van der Waals surface area contributed by atoms with Gasteiger partial charge in [-0.15, -0.1) is 0 Å². The second kappa shape index (κ2) is 6.84. The predicted octanol–water partition coefficient (Wildman–Crippen LogP) is 2.08. The molecular weight excluding hydrogens is 376 g/mol. The lowest BCUT2D eigenvalue weighted by atomic mass is 10.1. The zero-order valence-electron chi connectivity index (χ0n) is 16.3. The Bertz CT molecular complexity index is 1180. The molecule has 1 aliphatic rings. The van der Waals surface area contributed by atoms with E-state index in [0.29, 0.717) is 19.3 Å². The lowest BCUT2D eigenvalue weighted by Crippen LogP contribution is -2.38. The van der Waals surface area contributed by atoms with Gasteiger partial charge in [-0.3, -0.25) is 4.79 Å².